The maximum atomic E-state index is 5.98. The number of epoxide rings is 1. The predicted octanol–water partition coefficient (Wildman–Crippen LogP) is 2.43. The van der Waals surface area contributed by atoms with Gasteiger partial charge in [0, 0.05) is 11.1 Å². The van der Waals surface area contributed by atoms with Crippen LogP contribution in [-0.2, 0) is 4.74 Å². The van der Waals surface area contributed by atoms with Crippen molar-refractivity contribution >= 4 is 11.6 Å². The summed E-state index contributed by atoms with van der Waals surface area (Å²) in [5.74, 6) is 1.38. The van der Waals surface area contributed by atoms with E-state index in [4.69, 9.17) is 25.8 Å². The standard InChI is InChI=1S/C11H13ClO3/c1-7-3-11(15-6-8-5-14-8)10(13-2)4-9(7)12/h3-4,8H,5-6H2,1-2H3. The molecule has 0 N–H and O–H groups in total. The second kappa shape index (κ2) is 4.29. The minimum Gasteiger partial charge on any atom is -0.493 e. The maximum absolute atomic E-state index is 5.98. The summed E-state index contributed by atoms with van der Waals surface area (Å²) in [5, 5.41) is 0.682. The fraction of sp³-hybridized carbons (Fsp3) is 0.455. The van der Waals surface area contributed by atoms with E-state index in [1.54, 1.807) is 13.2 Å². The lowest BCUT2D eigenvalue weighted by molar-refractivity contribution is 0.252. The van der Waals surface area contributed by atoms with Gasteiger partial charge in [-0.05, 0) is 18.6 Å². The number of halogens is 1. The summed E-state index contributed by atoms with van der Waals surface area (Å²) in [5.41, 5.74) is 0.976. The van der Waals surface area contributed by atoms with E-state index in [1.165, 1.54) is 0 Å². The summed E-state index contributed by atoms with van der Waals surface area (Å²) in [6, 6.07) is 3.64. The molecule has 0 aromatic heterocycles. The molecule has 0 aliphatic carbocycles. The van der Waals surface area contributed by atoms with E-state index in [0.717, 1.165) is 17.9 Å². The third-order valence-electron chi connectivity index (χ3n) is 2.27. The van der Waals surface area contributed by atoms with Crippen molar-refractivity contribution < 1.29 is 14.2 Å². The zero-order chi connectivity index (χ0) is 10.8. The Hall–Kier alpha value is -0.930. The first-order valence-corrected chi connectivity index (χ1v) is 5.17. The average molecular weight is 229 g/mol. The Morgan fingerprint density at radius 2 is 2.20 bits per heavy atom. The number of aryl methyl sites for hydroxylation is 1. The molecule has 0 spiro atoms. The Labute approximate surface area is 93.9 Å². The lowest BCUT2D eigenvalue weighted by atomic mass is 10.2. The van der Waals surface area contributed by atoms with Gasteiger partial charge in [-0.3, -0.25) is 0 Å². The van der Waals surface area contributed by atoms with Crippen molar-refractivity contribution in [1.82, 2.24) is 0 Å². The van der Waals surface area contributed by atoms with Crippen LogP contribution < -0.4 is 9.47 Å². The van der Waals surface area contributed by atoms with Gasteiger partial charge in [-0.2, -0.15) is 0 Å². The van der Waals surface area contributed by atoms with Gasteiger partial charge in [0.15, 0.2) is 11.5 Å². The van der Waals surface area contributed by atoms with Crippen molar-refractivity contribution in [2.75, 3.05) is 20.3 Å². The summed E-state index contributed by atoms with van der Waals surface area (Å²) >= 11 is 5.98. The van der Waals surface area contributed by atoms with E-state index in [1.807, 2.05) is 13.0 Å². The molecule has 1 aliphatic heterocycles. The van der Waals surface area contributed by atoms with Crippen LogP contribution >= 0.6 is 11.6 Å². The minimum absolute atomic E-state index is 0.241. The number of benzene rings is 1. The van der Waals surface area contributed by atoms with E-state index in [9.17, 15) is 0 Å². The minimum atomic E-state index is 0.241. The summed E-state index contributed by atoms with van der Waals surface area (Å²) in [4.78, 5) is 0. The fourth-order valence-corrected chi connectivity index (χ4v) is 1.41. The van der Waals surface area contributed by atoms with Crippen molar-refractivity contribution in [3.8, 4) is 11.5 Å². The Balaban J connectivity index is 2.15. The molecule has 1 atom stereocenters. The molecule has 1 saturated heterocycles. The summed E-state index contributed by atoms with van der Waals surface area (Å²) < 4.78 is 15.8. The van der Waals surface area contributed by atoms with Crippen LogP contribution in [0.25, 0.3) is 0 Å². The number of ether oxygens (including phenoxy) is 3. The van der Waals surface area contributed by atoms with Crippen molar-refractivity contribution in [2.45, 2.75) is 13.0 Å². The number of hydrogen-bond acceptors (Lipinski definition) is 3. The molecule has 1 fully saturated rings. The first kappa shape index (κ1) is 10.6. The van der Waals surface area contributed by atoms with Gasteiger partial charge in [-0.25, -0.2) is 0 Å². The van der Waals surface area contributed by atoms with E-state index in [-0.39, 0.29) is 6.10 Å². The topological polar surface area (TPSA) is 31.0 Å². The van der Waals surface area contributed by atoms with Crippen LogP contribution in [0.3, 0.4) is 0 Å². The van der Waals surface area contributed by atoms with Gasteiger partial charge < -0.3 is 14.2 Å². The lowest BCUT2D eigenvalue weighted by Gasteiger charge is -2.11. The quantitative estimate of drug-likeness (QED) is 0.742. The van der Waals surface area contributed by atoms with Gasteiger partial charge in [0.05, 0.1) is 13.7 Å². The molecule has 0 amide bonds. The summed E-state index contributed by atoms with van der Waals surface area (Å²) in [6.45, 7) is 3.29. The Morgan fingerprint density at radius 1 is 1.47 bits per heavy atom. The molecular formula is C11H13ClO3. The first-order chi connectivity index (χ1) is 7.20. The van der Waals surface area contributed by atoms with Crippen LogP contribution in [0.4, 0.5) is 0 Å². The highest BCUT2D eigenvalue weighted by Gasteiger charge is 2.23. The van der Waals surface area contributed by atoms with Crippen LogP contribution in [-0.4, -0.2) is 26.4 Å². The molecule has 3 nitrogen and oxygen atoms in total. The number of methoxy groups -OCH3 is 1. The predicted molar refractivity (Wildman–Crippen MR) is 58.0 cm³/mol. The van der Waals surface area contributed by atoms with Gasteiger partial charge in [0.25, 0.3) is 0 Å². The van der Waals surface area contributed by atoms with Gasteiger partial charge >= 0.3 is 0 Å². The van der Waals surface area contributed by atoms with E-state index >= 15 is 0 Å². The van der Waals surface area contributed by atoms with E-state index < -0.39 is 0 Å². The van der Waals surface area contributed by atoms with Crippen LogP contribution in [0.5, 0.6) is 11.5 Å². The van der Waals surface area contributed by atoms with E-state index in [2.05, 4.69) is 0 Å². The molecule has 0 radical (unpaired) electrons. The zero-order valence-electron chi connectivity index (χ0n) is 8.75. The molecule has 15 heavy (non-hydrogen) atoms. The normalized spacial score (nSPS) is 18.7. The Morgan fingerprint density at radius 3 is 2.80 bits per heavy atom. The molecular weight excluding hydrogens is 216 g/mol. The second-order valence-electron chi connectivity index (χ2n) is 3.52. The first-order valence-electron chi connectivity index (χ1n) is 4.79. The SMILES string of the molecule is COc1cc(Cl)c(C)cc1OCC1CO1. The highest BCUT2D eigenvalue weighted by Crippen LogP contribution is 2.33. The molecule has 1 aliphatic rings. The lowest BCUT2D eigenvalue weighted by Crippen LogP contribution is -2.05. The highest BCUT2D eigenvalue weighted by atomic mass is 35.5. The highest BCUT2D eigenvalue weighted by molar-refractivity contribution is 6.31. The van der Waals surface area contributed by atoms with E-state index in [0.29, 0.717) is 17.4 Å². The second-order valence-corrected chi connectivity index (χ2v) is 3.93. The average Bonchev–Trinajstić information content (AvgIpc) is 3.03. The maximum Gasteiger partial charge on any atom is 0.162 e. The largest absolute Gasteiger partial charge is 0.493 e. The fourth-order valence-electron chi connectivity index (χ4n) is 1.26. The van der Waals surface area contributed by atoms with Crippen LogP contribution in [0.15, 0.2) is 12.1 Å². The molecule has 2 rings (SSSR count). The number of hydrogen-bond donors (Lipinski definition) is 0. The van der Waals surface area contributed by atoms with Crippen molar-refractivity contribution in [2.24, 2.45) is 0 Å². The van der Waals surface area contributed by atoms with Crippen LogP contribution in [0.2, 0.25) is 5.02 Å². The molecule has 0 saturated carbocycles. The van der Waals surface area contributed by atoms with Crippen molar-refractivity contribution in [1.29, 1.82) is 0 Å². The van der Waals surface area contributed by atoms with Crippen molar-refractivity contribution in [3.63, 3.8) is 0 Å². The monoisotopic (exact) mass is 228 g/mol. The van der Waals surface area contributed by atoms with Crippen molar-refractivity contribution in [3.05, 3.63) is 22.7 Å². The van der Waals surface area contributed by atoms with Gasteiger partial charge in [-0.1, -0.05) is 11.6 Å². The number of rotatable bonds is 4. The smallest absolute Gasteiger partial charge is 0.162 e. The molecule has 1 unspecified atom stereocenters. The van der Waals surface area contributed by atoms with Crippen LogP contribution in [0.1, 0.15) is 5.56 Å². The van der Waals surface area contributed by atoms with Gasteiger partial charge in [-0.15, -0.1) is 0 Å². The molecule has 4 heteroatoms. The Kier molecular flexibility index (Phi) is 3.03. The van der Waals surface area contributed by atoms with Gasteiger partial charge in [0.1, 0.15) is 12.7 Å². The Bertz CT molecular complexity index is 361. The molecule has 0 bridgehead atoms. The summed E-state index contributed by atoms with van der Waals surface area (Å²) in [6.07, 6.45) is 0.241. The third kappa shape index (κ3) is 2.55. The van der Waals surface area contributed by atoms with Crippen LogP contribution in [0, 0.1) is 6.92 Å². The zero-order valence-corrected chi connectivity index (χ0v) is 9.50. The molecule has 1 heterocycles. The van der Waals surface area contributed by atoms with Gasteiger partial charge in [0.2, 0.25) is 0 Å². The summed E-state index contributed by atoms with van der Waals surface area (Å²) in [7, 11) is 1.60. The molecule has 1 aromatic carbocycles. The third-order valence-corrected chi connectivity index (χ3v) is 2.68. The molecule has 1 aromatic rings. The molecule has 82 valence electrons.